The van der Waals surface area contributed by atoms with Crippen LogP contribution in [0.3, 0.4) is 0 Å². The van der Waals surface area contributed by atoms with Crippen molar-refractivity contribution >= 4 is 29.0 Å². The van der Waals surface area contributed by atoms with Gasteiger partial charge in [-0.05, 0) is 61.7 Å². The molecular formula is C20H19Cl2N3O. The third-order valence-corrected chi connectivity index (χ3v) is 5.18. The Morgan fingerprint density at radius 2 is 1.88 bits per heavy atom. The smallest absolute Gasteiger partial charge is 0.133 e. The van der Waals surface area contributed by atoms with Crippen molar-refractivity contribution in [3.05, 3.63) is 58.1 Å². The van der Waals surface area contributed by atoms with E-state index in [1.54, 1.807) is 13.2 Å². The summed E-state index contributed by atoms with van der Waals surface area (Å²) in [4.78, 5) is 0. The highest BCUT2D eigenvalue weighted by Gasteiger charge is 2.23. The third-order valence-electron chi connectivity index (χ3n) is 4.63. The van der Waals surface area contributed by atoms with Crippen LogP contribution in [0.15, 0.2) is 42.5 Å². The summed E-state index contributed by atoms with van der Waals surface area (Å²) in [5, 5.41) is 9.69. The number of hydrogen-bond acceptors (Lipinski definition) is 3. The number of aromatic nitrogens is 2. The fourth-order valence-corrected chi connectivity index (χ4v) is 3.81. The van der Waals surface area contributed by atoms with E-state index in [2.05, 4.69) is 5.32 Å². The molecular weight excluding hydrogens is 369 g/mol. The largest absolute Gasteiger partial charge is 0.497 e. The Kier molecular flexibility index (Phi) is 4.79. The molecule has 26 heavy (non-hydrogen) atoms. The SMILES string of the molecule is COc1ccc(-n2nc(-c3ccc(Cl)cc3Cl)c3c2NCCCC3)cc1. The minimum absolute atomic E-state index is 0.615. The van der Waals surface area contributed by atoms with E-state index < -0.39 is 0 Å². The Bertz CT molecular complexity index is 935. The van der Waals surface area contributed by atoms with Crippen LogP contribution < -0.4 is 10.1 Å². The number of halogens is 2. The molecule has 1 aliphatic rings. The lowest BCUT2D eigenvalue weighted by molar-refractivity contribution is 0.414. The number of methoxy groups -OCH3 is 1. The molecule has 0 aliphatic carbocycles. The molecule has 0 saturated carbocycles. The average molecular weight is 388 g/mol. The second-order valence-electron chi connectivity index (χ2n) is 6.29. The summed E-state index contributed by atoms with van der Waals surface area (Å²) in [7, 11) is 1.66. The highest BCUT2D eigenvalue weighted by Crippen LogP contribution is 2.37. The van der Waals surface area contributed by atoms with Crippen molar-refractivity contribution in [1.82, 2.24) is 9.78 Å². The molecule has 2 aromatic carbocycles. The summed E-state index contributed by atoms with van der Waals surface area (Å²) in [6, 6.07) is 13.4. The van der Waals surface area contributed by atoms with E-state index in [1.807, 2.05) is 41.1 Å². The second-order valence-corrected chi connectivity index (χ2v) is 7.14. The number of hydrogen-bond donors (Lipinski definition) is 1. The molecule has 4 rings (SSSR count). The standard InChI is InChI=1S/C20H19Cl2N3O/c1-26-15-8-6-14(7-9-15)25-20-17(4-2-3-11-23-20)19(24-25)16-10-5-13(21)12-18(16)22/h5-10,12,23H,2-4,11H2,1H3. The molecule has 3 aromatic rings. The van der Waals surface area contributed by atoms with Gasteiger partial charge in [0.05, 0.1) is 23.5 Å². The van der Waals surface area contributed by atoms with Crippen molar-refractivity contribution in [1.29, 1.82) is 0 Å². The first-order valence-electron chi connectivity index (χ1n) is 8.63. The normalized spacial score (nSPS) is 13.7. The van der Waals surface area contributed by atoms with Gasteiger partial charge in [0.25, 0.3) is 0 Å². The molecule has 6 heteroatoms. The van der Waals surface area contributed by atoms with Crippen molar-refractivity contribution in [2.45, 2.75) is 19.3 Å². The summed E-state index contributed by atoms with van der Waals surface area (Å²) < 4.78 is 7.22. The Balaban J connectivity index is 1.88. The Morgan fingerprint density at radius 1 is 1.08 bits per heavy atom. The molecule has 0 unspecified atom stereocenters. The number of benzene rings is 2. The molecule has 0 saturated heterocycles. The summed E-state index contributed by atoms with van der Waals surface area (Å²) in [5.74, 6) is 1.86. The van der Waals surface area contributed by atoms with Crippen LogP contribution >= 0.6 is 23.2 Å². The van der Waals surface area contributed by atoms with Crippen molar-refractivity contribution in [3.8, 4) is 22.7 Å². The first-order chi connectivity index (χ1) is 12.7. The minimum Gasteiger partial charge on any atom is -0.497 e. The summed E-state index contributed by atoms with van der Waals surface area (Å²) in [6.07, 6.45) is 3.21. The maximum Gasteiger partial charge on any atom is 0.133 e. The maximum atomic E-state index is 6.47. The van der Waals surface area contributed by atoms with Gasteiger partial charge in [-0.25, -0.2) is 4.68 Å². The van der Waals surface area contributed by atoms with Gasteiger partial charge in [0, 0.05) is 22.7 Å². The molecule has 0 spiro atoms. The van der Waals surface area contributed by atoms with Crippen LogP contribution in [0.25, 0.3) is 16.9 Å². The van der Waals surface area contributed by atoms with Crippen LogP contribution in [-0.4, -0.2) is 23.4 Å². The number of fused-ring (bicyclic) bond motifs is 1. The highest BCUT2D eigenvalue weighted by atomic mass is 35.5. The van der Waals surface area contributed by atoms with E-state index in [9.17, 15) is 0 Å². The molecule has 1 aliphatic heterocycles. The lowest BCUT2D eigenvalue weighted by Gasteiger charge is -2.09. The van der Waals surface area contributed by atoms with Gasteiger partial charge in [-0.15, -0.1) is 0 Å². The predicted octanol–water partition coefficient (Wildman–Crippen LogP) is 5.60. The van der Waals surface area contributed by atoms with E-state index in [0.717, 1.165) is 54.3 Å². The van der Waals surface area contributed by atoms with Gasteiger partial charge in [-0.3, -0.25) is 0 Å². The molecule has 134 valence electrons. The maximum absolute atomic E-state index is 6.47. The second kappa shape index (κ2) is 7.22. The molecule has 1 aromatic heterocycles. The van der Waals surface area contributed by atoms with E-state index >= 15 is 0 Å². The summed E-state index contributed by atoms with van der Waals surface area (Å²) >= 11 is 12.5. The van der Waals surface area contributed by atoms with Crippen molar-refractivity contribution in [2.75, 3.05) is 19.0 Å². The molecule has 0 fully saturated rings. The van der Waals surface area contributed by atoms with Crippen molar-refractivity contribution < 1.29 is 4.74 Å². The van der Waals surface area contributed by atoms with Crippen LogP contribution in [0, 0.1) is 0 Å². The van der Waals surface area contributed by atoms with E-state index in [1.165, 1.54) is 5.56 Å². The molecule has 1 N–H and O–H groups in total. The lowest BCUT2D eigenvalue weighted by atomic mass is 10.0. The number of nitrogens with one attached hydrogen (secondary N) is 1. The van der Waals surface area contributed by atoms with Crippen LogP contribution in [0.2, 0.25) is 10.0 Å². The summed E-state index contributed by atoms with van der Waals surface area (Å²) in [6.45, 7) is 0.933. The monoisotopic (exact) mass is 387 g/mol. The Hall–Kier alpha value is -2.17. The molecule has 0 atom stereocenters. The Morgan fingerprint density at radius 3 is 2.62 bits per heavy atom. The number of anilines is 1. The van der Waals surface area contributed by atoms with Gasteiger partial charge in [-0.1, -0.05) is 23.2 Å². The fourth-order valence-electron chi connectivity index (χ4n) is 3.31. The van der Waals surface area contributed by atoms with Gasteiger partial charge in [0.1, 0.15) is 11.6 Å². The van der Waals surface area contributed by atoms with Gasteiger partial charge < -0.3 is 10.1 Å². The quantitative estimate of drug-likeness (QED) is 0.635. The zero-order chi connectivity index (χ0) is 18.1. The van der Waals surface area contributed by atoms with Gasteiger partial charge in [0.15, 0.2) is 0 Å². The lowest BCUT2D eigenvalue weighted by Crippen LogP contribution is -2.07. The molecule has 0 radical (unpaired) electrons. The average Bonchev–Trinajstić information content (AvgIpc) is 2.83. The van der Waals surface area contributed by atoms with Crippen LogP contribution in [0.4, 0.5) is 5.82 Å². The van der Waals surface area contributed by atoms with Crippen LogP contribution in [-0.2, 0) is 6.42 Å². The predicted molar refractivity (Wildman–Crippen MR) is 107 cm³/mol. The fraction of sp³-hybridized carbons (Fsp3) is 0.250. The van der Waals surface area contributed by atoms with Crippen molar-refractivity contribution in [3.63, 3.8) is 0 Å². The van der Waals surface area contributed by atoms with E-state index in [4.69, 9.17) is 33.0 Å². The summed E-state index contributed by atoms with van der Waals surface area (Å²) in [5.41, 5.74) is 3.99. The molecule has 0 amide bonds. The number of rotatable bonds is 3. The van der Waals surface area contributed by atoms with Crippen LogP contribution in [0.1, 0.15) is 18.4 Å². The molecule has 2 heterocycles. The molecule has 0 bridgehead atoms. The Labute approximate surface area is 162 Å². The highest BCUT2D eigenvalue weighted by molar-refractivity contribution is 6.36. The molecule has 4 nitrogen and oxygen atoms in total. The van der Waals surface area contributed by atoms with Gasteiger partial charge >= 0.3 is 0 Å². The zero-order valence-corrected chi connectivity index (χ0v) is 15.9. The van der Waals surface area contributed by atoms with Gasteiger partial charge in [-0.2, -0.15) is 5.10 Å². The zero-order valence-electron chi connectivity index (χ0n) is 14.4. The first-order valence-corrected chi connectivity index (χ1v) is 9.38. The first kappa shape index (κ1) is 17.3. The van der Waals surface area contributed by atoms with E-state index in [-0.39, 0.29) is 0 Å². The van der Waals surface area contributed by atoms with Gasteiger partial charge in [0.2, 0.25) is 0 Å². The third kappa shape index (κ3) is 3.15. The van der Waals surface area contributed by atoms with Crippen LogP contribution in [0.5, 0.6) is 5.75 Å². The number of nitrogens with zero attached hydrogens (tertiary/aromatic N) is 2. The van der Waals surface area contributed by atoms with Crippen molar-refractivity contribution in [2.24, 2.45) is 0 Å². The number of ether oxygens (including phenoxy) is 1. The topological polar surface area (TPSA) is 39.1 Å². The minimum atomic E-state index is 0.615. The van der Waals surface area contributed by atoms with E-state index in [0.29, 0.717) is 10.0 Å².